The molecular formula is C16H17N5O. The molecule has 1 aliphatic rings. The molecule has 3 rings (SSSR count). The van der Waals surface area contributed by atoms with Crippen molar-refractivity contribution in [2.75, 3.05) is 0 Å². The maximum Gasteiger partial charge on any atom is 0.252 e. The summed E-state index contributed by atoms with van der Waals surface area (Å²) in [4.78, 5) is 12.4. The largest absolute Gasteiger partial charge is 0.333 e. The van der Waals surface area contributed by atoms with Crippen molar-refractivity contribution in [1.29, 1.82) is 5.26 Å². The van der Waals surface area contributed by atoms with Crippen molar-refractivity contribution in [2.24, 2.45) is 5.92 Å². The van der Waals surface area contributed by atoms with Crippen molar-refractivity contribution in [1.82, 2.24) is 20.1 Å². The minimum absolute atomic E-state index is 0.178. The van der Waals surface area contributed by atoms with E-state index in [1.165, 1.54) is 0 Å². The summed E-state index contributed by atoms with van der Waals surface area (Å²) in [5, 5.41) is 19.9. The summed E-state index contributed by atoms with van der Waals surface area (Å²) in [6.45, 7) is 2.02. The third-order valence-corrected chi connectivity index (χ3v) is 4.43. The molecule has 1 N–H and O–H groups in total. The van der Waals surface area contributed by atoms with Crippen LogP contribution in [0.1, 0.15) is 36.5 Å². The van der Waals surface area contributed by atoms with Gasteiger partial charge in [0.15, 0.2) is 0 Å². The predicted molar refractivity (Wildman–Crippen MR) is 80.2 cm³/mol. The predicted octanol–water partition coefficient (Wildman–Crippen LogP) is 2.08. The molecule has 2 aromatic rings. The van der Waals surface area contributed by atoms with E-state index in [0.29, 0.717) is 5.56 Å². The first-order valence-electron chi connectivity index (χ1n) is 7.33. The van der Waals surface area contributed by atoms with Gasteiger partial charge in [-0.3, -0.25) is 9.36 Å². The van der Waals surface area contributed by atoms with Gasteiger partial charge in [-0.25, -0.2) is 0 Å². The maximum atomic E-state index is 12.4. The van der Waals surface area contributed by atoms with Gasteiger partial charge in [-0.15, -0.1) is 10.2 Å². The Labute approximate surface area is 128 Å². The second-order valence-corrected chi connectivity index (χ2v) is 5.75. The summed E-state index contributed by atoms with van der Waals surface area (Å²) in [5.74, 6) is -0.0247. The van der Waals surface area contributed by atoms with Crippen molar-refractivity contribution in [3.63, 3.8) is 0 Å². The number of hydrogen-bond acceptors (Lipinski definition) is 4. The van der Waals surface area contributed by atoms with Gasteiger partial charge < -0.3 is 5.32 Å². The van der Waals surface area contributed by atoms with Crippen LogP contribution in [0.15, 0.2) is 36.9 Å². The van der Waals surface area contributed by atoms with Crippen molar-refractivity contribution < 1.29 is 4.79 Å². The fourth-order valence-electron chi connectivity index (χ4n) is 2.95. The van der Waals surface area contributed by atoms with E-state index >= 15 is 0 Å². The first kappa shape index (κ1) is 14.3. The van der Waals surface area contributed by atoms with E-state index in [4.69, 9.17) is 0 Å². The fraction of sp³-hybridized carbons (Fsp3) is 0.375. The number of carbonyl (C=O) groups is 1. The van der Waals surface area contributed by atoms with Gasteiger partial charge in [0.1, 0.15) is 18.2 Å². The minimum atomic E-state index is -0.732. The number of rotatable bonds is 3. The van der Waals surface area contributed by atoms with Crippen molar-refractivity contribution in [3.05, 3.63) is 42.5 Å². The lowest BCUT2D eigenvalue weighted by Crippen LogP contribution is -2.49. The molecule has 6 nitrogen and oxygen atoms in total. The highest BCUT2D eigenvalue weighted by Crippen LogP contribution is 2.35. The van der Waals surface area contributed by atoms with Crippen LogP contribution in [0.4, 0.5) is 0 Å². The van der Waals surface area contributed by atoms with Crippen LogP contribution in [0.5, 0.6) is 0 Å². The van der Waals surface area contributed by atoms with Gasteiger partial charge in [0, 0.05) is 11.3 Å². The standard InChI is InChI=1S/C16H17N5O/c1-12-3-2-8-16(12,9-17)20-15(22)13-4-6-14(7-5-13)21-10-18-19-11-21/h4-7,10-12H,2-3,8H2,1H3,(H,20,22)/t12-,16-/m1/s1. The van der Waals surface area contributed by atoms with Crippen molar-refractivity contribution >= 4 is 5.91 Å². The van der Waals surface area contributed by atoms with Crippen molar-refractivity contribution in [2.45, 2.75) is 31.7 Å². The summed E-state index contributed by atoms with van der Waals surface area (Å²) in [6, 6.07) is 9.46. The molecule has 0 unspecified atom stereocenters. The number of aromatic nitrogens is 3. The zero-order valence-electron chi connectivity index (χ0n) is 12.4. The Morgan fingerprint density at radius 2 is 2.05 bits per heavy atom. The average molecular weight is 295 g/mol. The molecule has 2 atom stereocenters. The number of nitrogens with one attached hydrogen (secondary N) is 1. The van der Waals surface area contributed by atoms with Gasteiger partial charge in [0.05, 0.1) is 6.07 Å². The van der Waals surface area contributed by atoms with E-state index in [0.717, 1.165) is 24.9 Å². The molecule has 0 aliphatic heterocycles. The molecule has 1 amide bonds. The highest BCUT2D eigenvalue weighted by molar-refractivity contribution is 5.95. The molecule has 1 saturated carbocycles. The Balaban J connectivity index is 1.77. The molecule has 0 bridgehead atoms. The molecule has 1 aromatic heterocycles. The minimum Gasteiger partial charge on any atom is -0.333 e. The molecule has 0 spiro atoms. The van der Waals surface area contributed by atoms with E-state index in [9.17, 15) is 10.1 Å². The topological polar surface area (TPSA) is 83.6 Å². The SMILES string of the molecule is C[C@@H]1CCC[C@]1(C#N)NC(=O)c1ccc(-n2cnnc2)cc1. The second kappa shape index (κ2) is 5.60. The van der Waals surface area contributed by atoms with Gasteiger partial charge in [-0.1, -0.05) is 6.92 Å². The molecule has 22 heavy (non-hydrogen) atoms. The third kappa shape index (κ3) is 2.46. The fourth-order valence-corrected chi connectivity index (χ4v) is 2.95. The normalized spacial score (nSPS) is 23.9. The summed E-state index contributed by atoms with van der Waals surface area (Å²) in [6.07, 6.45) is 5.86. The Hall–Kier alpha value is -2.68. The maximum absolute atomic E-state index is 12.4. The molecule has 6 heteroatoms. The molecule has 1 aliphatic carbocycles. The van der Waals surface area contributed by atoms with Crippen molar-refractivity contribution in [3.8, 4) is 11.8 Å². The van der Waals surface area contributed by atoms with Gasteiger partial charge >= 0.3 is 0 Å². The van der Waals surface area contributed by atoms with E-state index in [-0.39, 0.29) is 11.8 Å². The zero-order chi connectivity index (χ0) is 15.6. The summed E-state index contributed by atoms with van der Waals surface area (Å²) < 4.78 is 1.76. The first-order valence-corrected chi connectivity index (χ1v) is 7.33. The van der Waals surface area contributed by atoms with Crippen LogP contribution in [-0.4, -0.2) is 26.2 Å². The monoisotopic (exact) mass is 295 g/mol. The lowest BCUT2D eigenvalue weighted by Gasteiger charge is -2.27. The summed E-state index contributed by atoms with van der Waals surface area (Å²) in [7, 11) is 0. The molecule has 1 heterocycles. The number of hydrogen-bond donors (Lipinski definition) is 1. The lowest BCUT2D eigenvalue weighted by molar-refractivity contribution is 0.0906. The second-order valence-electron chi connectivity index (χ2n) is 5.75. The number of carbonyl (C=O) groups excluding carboxylic acids is 1. The number of amides is 1. The van der Waals surface area contributed by atoms with E-state index in [2.05, 4.69) is 21.6 Å². The summed E-state index contributed by atoms with van der Waals surface area (Å²) >= 11 is 0. The Morgan fingerprint density at radius 3 is 2.59 bits per heavy atom. The number of nitriles is 1. The van der Waals surface area contributed by atoms with Gasteiger partial charge in [0.2, 0.25) is 0 Å². The highest BCUT2D eigenvalue weighted by Gasteiger charge is 2.41. The Morgan fingerprint density at radius 1 is 1.36 bits per heavy atom. The smallest absolute Gasteiger partial charge is 0.252 e. The van der Waals surface area contributed by atoms with E-state index < -0.39 is 5.54 Å². The zero-order valence-corrected chi connectivity index (χ0v) is 12.4. The Bertz CT molecular complexity index is 701. The van der Waals surface area contributed by atoms with Crippen LogP contribution in [0.2, 0.25) is 0 Å². The summed E-state index contributed by atoms with van der Waals surface area (Å²) in [5.41, 5.74) is 0.695. The lowest BCUT2D eigenvalue weighted by atomic mass is 9.89. The molecule has 0 radical (unpaired) electrons. The van der Waals surface area contributed by atoms with Crippen LogP contribution in [0.3, 0.4) is 0 Å². The third-order valence-electron chi connectivity index (χ3n) is 4.43. The first-order chi connectivity index (χ1) is 10.6. The van der Waals surface area contributed by atoms with Gasteiger partial charge in [-0.2, -0.15) is 5.26 Å². The van der Waals surface area contributed by atoms with Crippen LogP contribution >= 0.6 is 0 Å². The van der Waals surface area contributed by atoms with E-state index in [1.807, 2.05) is 19.1 Å². The van der Waals surface area contributed by atoms with Gasteiger partial charge in [0.25, 0.3) is 5.91 Å². The molecular weight excluding hydrogens is 278 g/mol. The Kier molecular flexibility index (Phi) is 3.63. The molecule has 1 fully saturated rings. The van der Waals surface area contributed by atoms with Crippen LogP contribution in [0, 0.1) is 17.2 Å². The van der Waals surface area contributed by atoms with E-state index in [1.54, 1.807) is 29.4 Å². The van der Waals surface area contributed by atoms with Gasteiger partial charge in [-0.05, 0) is 49.4 Å². The van der Waals surface area contributed by atoms with Crippen LogP contribution in [0.25, 0.3) is 5.69 Å². The highest BCUT2D eigenvalue weighted by atomic mass is 16.1. The molecule has 0 saturated heterocycles. The molecule has 112 valence electrons. The quantitative estimate of drug-likeness (QED) is 0.939. The number of benzene rings is 1. The number of nitrogens with zero attached hydrogens (tertiary/aromatic N) is 4. The van der Waals surface area contributed by atoms with Crippen LogP contribution in [-0.2, 0) is 0 Å². The van der Waals surface area contributed by atoms with Crippen LogP contribution < -0.4 is 5.32 Å². The molecule has 1 aromatic carbocycles. The average Bonchev–Trinajstić information content (AvgIpc) is 3.18.